The van der Waals surface area contributed by atoms with Crippen LogP contribution in [0.1, 0.15) is 15.9 Å². The molecule has 2 N–H and O–H groups in total. The molecule has 0 spiro atoms. The summed E-state index contributed by atoms with van der Waals surface area (Å²) >= 11 is 6.13. The van der Waals surface area contributed by atoms with Gasteiger partial charge in [0.2, 0.25) is 0 Å². The van der Waals surface area contributed by atoms with Crippen LogP contribution in [0.2, 0.25) is 0 Å². The minimum Gasteiger partial charge on any atom is -0.493 e. The summed E-state index contributed by atoms with van der Waals surface area (Å²) in [4.78, 5) is 46.4. The monoisotopic (exact) mass is 489 g/mol. The summed E-state index contributed by atoms with van der Waals surface area (Å²) in [7, 11) is 1.38. The number of nitro benzene ring substituents is 1. The molecule has 0 bridgehead atoms. The molecule has 1 aliphatic heterocycles. The van der Waals surface area contributed by atoms with Gasteiger partial charge < -0.3 is 14.6 Å². The number of carboxylic acids is 1. The maximum absolute atomic E-state index is 12.8. The Morgan fingerprint density at radius 2 is 2.03 bits per heavy atom. The number of ether oxygens (including phenoxy) is 2. The van der Waals surface area contributed by atoms with Crippen LogP contribution < -0.4 is 14.9 Å². The average Bonchev–Trinajstić information content (AvgIpc) is 3.05. The van der Waals surface area contributed by atoms with Crippen molar-refractivity contribution in [3.05, 3.63) is 68.6 Å². The number of benzene rings is 2. The van der Waals surface area contributed by atoms with Crippen molar-refractivity contribution in [3.63, 3.8) is 0 Å². The summed E-state index contributed by atoms with van der Waals surface area (Å²) < 4.78 is 10.4. The Labute approximate surface area is 196 Å². The standard InChI is InChI=1S/C20H15N3O8S2/c1-30-15-7-11(5-6-14(15)31-10-17(24)25)8-16-19(27)22(20(32)33-16)21-18(26)12-3-2-4-13(9-12)23(28)29/h2-9H,10H2,1H3,(H,21,26)(H,24,25)/b16-8+. The van der Waals surface area contributed by atoms with Gasteiger partial charge in [-0.15, -0.1) is 0 Å². The summed E-state index contributed by atoms with van der Waals surface area (Å²) in [5.74, 6) is -1.99. The Bertz CT molecular complexity index is 1200. The fraction of sp³-hybridized carbons (Fsp3) is 0.100. The number of thioether (sulfide) groups is 1. The van der Waals surface area contributed by atoms with Gasteiger partial charge in [-0.25, -0.2) is 4.79 Å². The van der Waals surface area contributed by atoms with E-state index in [0.717, 1.165) is 22.8 Å². The second-order valence-corrected chi connectivity index (χ2v) is 8.03. The average molecular weight is 489 g/mol. The highest BCUT2D eigenvalue weighted by Crippen LogP contribution is 2.34. The van der Waals surface area contributed by atoms with Crippen LogP contribution in [0.3, 0.4) is 0 Å². The van der Waals surface area contributed by atoms with Crippen molar-refractivity contribution in [2.45, 2.75) is 0 Å². The summed E-state index contributed by atoms with van der Waals surface area (Å²) in [5.41, 5.74) is 2.62. The Balaban J connectivity index is 1.77. The first-order valence-corrected chi connectivity index (χ1v) is 10.3. The summed E-state index contributed by atoms with van der Waals surface area (Å²) in [6, 6.07) is 9.69. The molecule has 11 nitrogen and oxygen atoms in total. The number of non-ortho nitro benzene ring substituents is 1. The lowest BCUT2D eigenvalue weighted by atomic mass is 10.2. The normalized spacial score (nSPS) is 14.3. The molecule has 0 unspecified atom stereocenters. The third-order valence-electron chi connectivity index (χ3n) is 4.16. The number of hydrazine groups is 1. The lowest BCUT2D eigenvalue weighted by molar-refractivity contribution is -0.384. The molecule has 2 aromatic carbocycles. The molecule has 1 aliphatic rings. The Morgan fingerprint density at radius 3 is 2.70 bits per heavy atom. The van der Waals surface area contributed by atoms with Gasteiger partial charge in [0.25, 0.3) is 17.5 Å². The number of aliphatic carboxylic acids is 1. The van der Waals surface area contributed by atoms with Gasteiger partial charge in [-0.05, 0) is 42.1 Å². The number of carboxylic acid groups (broad SMARTS) is 1. The van der Waals surface area contributed by atoms with Crippen LogP contribution in [0, 0.1) is 10.1 Å². The Morgan fingerprint density at radius 1 is 1.27 bits per heavy atom. The first-order valence-electron chi connectivity index (χ1n) is 9.05. The fourth-order valence-corrected chi connectivity index (χ4v) is 3.85. The SMILES string of the molecule is COc1cc(/C=C2/SC(=S)N(NC(=O)c3cccc([N+](=O)[O-])c3)C2=O)ccc1OCC(=O)O. The molecule has 2 aromatic rings. The maximum atomic E-state index is 12.8. The van der Waals surface area contributed by atoms with Gasteiger partial charge in [0, 0.05) is 17.7 Å². The molecule has 0 radical (unpaired) electrons. The number of nitrogens with one attached hydrogen (secondary N) is 1. The van der Waals surface area contributed by atoms with Gasteiger partial charge in [-0.3, -0.25) is 25.1 Å². The zero-order chi connectivity index (χ0) is 24.1. The van der Waals surface area contributed by atoms with Crippen LogP contribution in [0.5, 0.6) is 11.5 Å². The lowest BCUT2D eigenvalue weighted by Crippen LogP contribution is -2.44. The van der Waals surface area contributed by atoms with E-state index in [1.165, 1.54) is 37.5 Å². The number of nitro groups is 1. The van der Waals surface area contributed by atoms with Crippen LogP contribution >= 0.6 is 24.0 Å². The quantitative estimate of drug-likeness (QED) is 0.245. The second kappa shape index (κ2) is 10.1. The third kappa shape index (κ3) is 5.64. The van der Waals surface area contributed by atoms with E-state index in [1.54, 1.807) is 12.1 Å². The van der Waals surface area contributed by atoms with Crippen LogP contribution in [0.25, 0.3) is 6.08 Å². The van der Waals surface area contributed by atoms with Gasteiger partial charge >= 0.3 is 5.97 Å². The van der Waals surface area contributed by atoms with Crippen molar-refractivity contribution in [2.24, 2.45) is 0 Å². The van der Waals surface area contributed by atoms with E-state index in [-0.39, 0.29) is 32.0 Å². The van der Waals surface area contributed by atoms with Gasteiger partial charge in [-0.1, -0.05) is 23.9 Å². The van der Waals surface area contributed by atoms with Crippen LogP contribution in [-0.4, -0.2) is 50.9 Å². The van der Waals surface area contributed by atoms with Gasteiger partial charge in [-0.2, -0.15) is 5.01 Å². The van der Waals surface area contributed by atoms with Gasteiger partial charge in [0.05, 0.1) is 16.9 Å². The van der Waals surface area contributed by atoms with E-state index in [0.29, 0.717) is 5.56 Å². The minimum absolute atomic E-state index is 0.0103. The maximum Gasteiger partial charge on any atom is 0.341 e. The van der Waals surface area contributed by atoms with Crippen molar-refractivity contribution in [1.82, 2.24) is 10.4 Å². The predicted octanol–water partition coefficient (Wildman–Crippen LogP) is 2.61. The molecule has 13 heteroatoms. The zero-order valence-electron chi connectivity index (χ0n) is 16.8. The molecule has 0 aliphatic carbocycles. The summed E-state index contributed by atoms with van der Waals surface area (Å²) in [6.45, 7) is -0.543. The molecule has 1 saturated heterocycles. The van der Waals surface area contributed by atoms with Crippen molar-refractivity contribution < 1.29 is 33.9 Å². The molecule has 0 saturated carbocycles. The molecule has 0 aromatic heterocycles. The first-order chi connectivity index (χ1) is 15.7. The molecule has 33 heavy (non-hydrogen) atoms. The van der Waals surface area contributed by atoms with E-state index in [9.17, 15) is 24.5 Å². The molecule has 0 atom stereocenters. The summed E-state index contributed by atoms with van der Waals surface area (Å²) in [6.07, 6.45) is 1.52. The van der Waals surface area contributed by atoms with Gasteiger partial charge in [0.15, 0.2) is 22.4 Å². The van der Waals surface area contributed by atoms with Gasteiger partial charge in [0.1, 0.15) is 0 Å². The molecular weight excluding hydrogens is 474 g/mol. The Hall–Kier alpha value is -3.97. The van der Waals surface area contributed by atoms with E-state index in [4.69, 9.17) is 26.8 Å². The number of hydrogen-bond donors (Lipinski definition) is 2. The van der Waals surface area contributed by atoms with E-state index in [2.05, 4.69) is 5.43 Å². The number of hydrogen-bond acceptors (Lipinski definition) is 9. The molecule has 170 valence electrons. The molecule has 1 fully saturated rings. The number of amides is 2. The Kier molecular flexibility index (Phi) is 7.25. The van der Waals surface area contributed by atoms with Crippen molar-refractivity contribution >= 4 is 57.8 Å². The smallest absolute Gasteiger partial charge is 0.341 e. The highest BCUT2D eigenvalue weighted by atomic mass is 32.2. The second-order valence-electron chi connectivity index (χ2n) is 6.36. The van der Waals surface area contributed by atoms with Crippen molar-refractivity contribution in [1.29, 1.82) is 0 Å². The number of nitrogens with zero attached hydrogens (tertiary/aromatic N) is 2. The molecule has 3 rings (SSSR count). The van der Waals surface area contributed by atoms with Crippen molar-refractivity contribution in [2.75, 3.05) is 13.7 Å². The zero-order valence-corrected chi connectivity index (χ0v) is 18.5. The number of carbonyl (C=O) groups excluding carboxylic acids is 2. The number of thiocarbonyl (C=S) groups is 1. The fourth-order valence-electron chi connectivity index (χ4n) is 2.67. The summed E-state index contributed by atoms with van der Waals surface area (Å²) in [5, 5.41) is 20.5. The topological polar surface area (TPSA) is 148 Å². The highest BCUT2D eigenvalue weighted by molar-refractivity contribution is 8.26. The van der Waals surface area contributed by atoms with Crippen LogP contribution in [-0.2, 0) is 9.59 Å². The highest BCUT2D eigenvalue weighted by Gasteiger charge is 2.34. The third-order valence-corrected chi connectivity index (χ3v) is 5.46. The predicted molar refractivity (Wildman–Crippen MR) is 122 cm³/mol. The molecular formula is C20H15N3O8S2. The molecule has 1 heterocycles. The number of rotatable bonds is 8. The minimum atomic E-state index is -1.14. The number of carbonyl (C=O) groups is 3. The van der Waals surface area contributed by atoms with E-state index >= 15 is 0 Å². The number of methoxy groups -OCH3 is 1. The van der Waals surface area contributed by atoms with Crippen LogP contribution in [0.4, 0.5) is 5.69 Å². The lowest BCUT2D eigenvalue weighted by Gasteiger charge is -2.15. The largest absolute Gasteiger partial charge is 0.493 e. The van der Waals surface area contributed by atoms with E-state index in [1.807, 2.05) is 0 Å². The first kappa shape index (κ1) is 23.7. The van der Waals surface area contributed by atoms with E-state index < -0.39 is 29.3 Å². The van der Waals surface area contributed by atoms with Crippen molar-refractivity contribution in [3.8, 4) is 11.5 Å². The molecule has 2 amide bonds. The van der Waals surface area contributed by atoms with Crippen LogP contribution in [0.15, 0.2) is 47.4 Å².